The lowest BCUT2D eigenvalue weighted by molar-refractivity contribution is 0.647. The summed E-state index contributed by atoms with van der Waals surface area (Å²) in [6, 6.07) is 17.9. The summed E-state index contributed by atoms with van der Waals surface area (Å²) in [7, 11) is 0. The van der Waals surface area contributed by atoms with Gasteiger partial charge < -0.3 is 0 Å². The predicted molar refractivity (Wildman–Crippen MR) is 84.2 cm³/mol. The summed E-state index contributed by atoms with van der Waals surface area (Å²) in [5.41, 5.74) is 7.88. The number of allylic oxidation sites excluding steroid dienone is 2. The van der Waals surface area contributed by atoms with Crippen molar-refractivity contribution in [1.29, 1.82) is 5.26 Å². The van der Waals surface area contributed by atoms with Crippen LogP contribution in [0.25, 0.3) is 0 Å². The van der Waals surface area contributed by atoms with Gasteiger partial charge in [0.25, 0.3) is 0 Å². The number of nitriles is 1. The third-order valence-electron chi connectivity index (χ3n) is 4.95. The van der Waals surface area contributed by atoms with Crippen LogP contribution in [-0.2, 0) is 12.8 Å². The zero-order valence-electron chi connectivity index (χ0n) is 12.1. The first-order valence-electron chi connectivity index (χ1n) is 7.55. The fourth-order valence-corrected chi connectivity index (χ4v) is 3.94. The summed E-state index contributed by atoms with van der Waals surface area (Å²) >= 11 is 0. The molecule has 0 fully saturated rings. The van der Waals surface area contributed by atoms with Crippen molar-refractivity contribution in [3.05, 3.63) is 81.9 Å². The summed E-state index contributed by atoms with van der Waals surface area (Å²) in [6.45, 7) is 2.12. The van der Waals surface area contributed by atoms with Crippen molar-refractivity contribution in [2.75, 3.05) is 0 Å². The highest BCUT2D eigenvalue weighted by atomic mass is 14.4. The summed E-state index contributed by atoms with van der Waals surface area (Å²) in [5, 5.41) is 9.53. The lowest BCUT2D eigenvalue weighted by Gasteiger charge is -2.25. The first-order chi connectivity index (χ1) is 10.3. The molecule has 2 aliphatic carbocycles. The first-order valence-corrected chi connectivity index (χ1v) is 7.55. The Bertz CT molecular complexity index is 774. The molecular weight excluding hydrogens is 254 g/mol. The molecule has 0 saturated heterocycles. The smallest absolute Gasteiger partial charge is 0.0950 e. The third kappa shape index (κ3) is 1.83. The van der Waals surface area contributed by atoms with E-state index in [9.17, 15) is 5.26 Å². The van der Waals surface area contributed by atoms with Crippen molar-refractivity contribution in [2.24, 2.45) is 0 Å². The van der Waals surface area contributed by atoms with E-state index in [0.717, 1.165) is 18.4 Å². The highest BCUT2D eigenvalue weighted by Gasteiger charge is 2.38. The molecule has 4 rings (SSSR count). The molecule has 0 saturated carbocycles. The molecule has 0 spiro atoms. The number of benzene rings is 2. The van der Waals surface area contributed by atoms with Crippen molar-refractivity contribution >= 4 is 0 Å². The second-order valence-corrected chi connectivity index (χ2v) is 6.16. The minimum atomic E-state index is 0.262. The number of nitrogens with zero attached hydrogens (tertiary/aromatic N) is 1. The van der Waals surface area contributed by atoms with Gasteiger partial charge in [0.2, 0.25) is 0 Å². The summed E-state index contributed by atoms with van der Waals surface area (Å²) in [6.07, 6.45) is 4.09. The van der Waals surface area contributed by atoms with Crippen LogP contribution in [0.3, 0.4) is 0 Å². The number of aryl methyl sites for hydroxylation is 1. The molecule has 2 atom stereocenters. The van der Waals surface area contributed by atoms with Crippen molar-refractivity contribution < 1.29 is 0 Å². The largest absolute Gasteiger partial charge is 0.193 e. The minimum absolute atomic E-state index is 0.262. The molecule has 2 aromatic carbocycles. The normalized spacial score (nSPS) is 22.4. The second kappa shape index (κ2) is 4.60. The van der Waals surface area contributed by atoms with Crippen LogP contribution in [0.15, 0.2) is 54.1 Å². The Hall–Kier alpha value is -2.33. The fourth-order valence-electron chi connectivity index (χ4n) is 3.94. The van der Waals surface area contributed by atoms with Crippen LogP contribution in [0.4, 0.5) is 0 Å². The van der Waals surface area contributed by atoms with Gasteiger partial charge in [-0.2, -0.15) is 5.26 Å². The topological polar surface area (TPSA) is 23.8 Å². The zero-order chi connectivity index (χ0) is 14.4. The lowest BCUT2D eigenvalue weighted by atomic mass is 9.77. The molecule has 1 heteroatoms. The van der Waals surface area contributed by atoms with Gasteiger partial charge in [0, 0.05) is 11.5 Å². The first kappa shape index (κ1) is 12.4. The SMILES string of the molecule is Cc1ccc([C@@H]2Cc3cccc4c3[C@@H]2C(C#N)=CC4)cc1. The van der Waals surface area contributed by atoms with Gasteiger partial charge in [-0.15, -0.1) is 0 Å². The van der Waals surface area contributed by atoms with Gasteiger partial charge in [0.1, 0.15) is 0 Å². The highest BCUT2D eigenvalue weighted by Crippen LogP contribution is 2.51. The Labute approximate surface area is 125 Å². The van der Waals surface area contributed by atoms with Gasteiger partial charge in [0.05, 0.1) is 6.07 Å². The Balaban J connectivity index is 1.86. The van der Waals surface area contributed by atoms with Crippen molar-refractivity contribution in [2.45, 2.75) is 31.6 Å². The van der Waals surface area contributed by atoms with Crippen LogP contribution in [0, 0.1) is 18.3 Å². The molecule has 0 bridgehead atoms. The molecule has 0 amide bonds. The standard InChI is InChI=1S/C20H17N/c1-13-5-7-14(8-6-13)18-11-16-4-2-3-15-9-10-17(12-21)20(18)19(15)16/h2-8,10,18,20H,9,11H2,1H3/t18-,20+/m0/s1. The van der Waals surface area contributed by atoms with Crippen molar-refractivity contribution in [3.8, 4) is 6.07 Å². The van der Waals surface area contributed by atoms with E-state index in [-0.39, 0.29) is 5.92 Å². The van der Waals surface area contributed by atoms with Crippen LogP contribution in [-0.4, -0.2) is 0 Å². The van der Waals surface area contributed by atoms with E-state index >= 15 is 0 Å². The van der Waals surface area contributed by atoms with Crippen molar-refractivity contribution in [1.82, 2.24) is 0 Å². The van der Waals surface area contributed by atoms with E-state index in [1.54, 1.807) is 0 Å². The summed E-state index contributed by atoms with van der Waals surface area (Å²) in [5.74, 6) is 0.672. The van der Waals surface area contributed by atoms with Gasteiger partial charge in [-0.1, -0.05) is 54.1 Å². The molecule has 0 radical (unpaired) electrons. The average molecular weight is 271 g/mol. The monoisotopic (exact) mass is 271 g/mol. The molecule has 21 heavy (non-hydrogen) atoms. The van der Waals surface area contributed by atoms with E-state index in [1.807, 2.05) is 0 Å². The molecule has 2 aliphatic rings. The maximum Gasteiger partial charge on any atom is 0.0950 e. The summed E-state index contributed by atoms with van der Waals surface area (Å²) in [4.78, 5) is 0. The van der Waals surface area contributed by atoms with Crippen molar-refractivity contribution in [3.63, 3.8) is 0 Å². The van der Waals surface area contributed by atoms with E-state index in [1.165, 1.54) is 27.8 Å². The lowest BCUT2D eigenvalue weighted by Crippen LogP contribution is -2.13. The molecule has 0 aliphatic heterocycles. The number of hydrogen-bond donors (Lipinski definition) is 0. The number of rotatable bonds is 1. The van der Waals surface area contributed by atoms with E-state index in [0.29, 0.717) is 5.92 Å². The van der Waals surface area contributed by atoms with E-state index in [4.69, 9.17) is 0 Å². The van der Waals surface area contributed by atoms with Crippen LogP contribution >= 0.6 is 0 Å². The van der Waals surface area contributed by atoms with E-state index in [2.05, 4.69) is 61.5 Å². The van der Waals surface area contributed by atoms with Crippen LogP contribution < -0.4 is 0 Å². The Kier molecular flexibility index (Phi) is 2.72. The van der Waals surface area contributed by atoms with Gasteiger partial charge in [-0.05, 0) is 47.9 Å². The summed E-state index contributed by atoms with van der Waals surface area (Å²) < 4.78 is 0. The Morgan fingerprint density at radius 2 is 1.81 bits per heavy atom. The van der Waals surface area contributed by atoms with E-state index < -0.39 is 0 Å². The third-order valence-corrected chi connectivity index (χ3v) is 4.95. The molecule has 0 aromatic heterocycles. The molecular formula is C20H17N. The molecule has 102 valence electrons. The highest BCUT2D eigenvalue weighted by molar-refractivity contribution is 5.56. The molecule has 0 N–H and O–H groups in total. The average Bonchev–Trinajstić information content (AvgIpc) is 2.90. The van der Waals surface area contributed by atoms with Crippen LogP contribution in [0.1, 0.15) is 39.7 Å². The molecule has 2 aromatic rings. The molecule has 0 unspecified atom stereocenters. The van der Waals surface area contributed by atoms with Gasteiger partial charge in [-0.25, -0.2) is 0 Å². The molecule has 1 nitrogen and oxygen atoms in total. The fraction of sp³-hybridized carbons (Fsp3) is 0.250. The van der Waals surface area contributed by atoms with Gasteiger partial charge >= 0.3 is 0 Å². The van der Waals surface area contributed by atoms with Crippen LogP contribution in [0.5, 0.6) is 0 Å². The minimum Gasteiger partial charge on any atom is -0.193 e. The number of hydrogen-bond acceptors (Lipinski definition) is 1. The quantitative estimate of drug-likeness (QED) is 0.753. The molecule has 0 heterocycles. The predicted octanol–water partition coefficient (Wildman–Crippen LogP) is 4.42. The Morgan fingerprint density at radius 1 is 1.05 bits per heavy atom. The van der Waals surface area contributed by atoms with Gasteiger partial charge in [0.15, 0.2) is 0 Å². The van der Waals surface area contributed by atoms with Crippen LogP contribution in [0.2, 0.25) is 0 Å². The maximum atomic E-state index is 9.53. The van der Waals surface area contributed by atoms with Gasteiger partial charge in [-0.3, -0.25) is 0 Å². The zero-order valence-corrected chi connectivity index (χ0v) is 12.1. The Morgan fingerprint density at radius 3 is 2.57 bits per heavy atom. The second-order valence-electron chi connectivity index (χ2n) is 6.16. The maximum absolute atomic E-state index is 9.53.